The highest BCUT2D eigenvalue weighted by atomic mass is 32.2. The molecule has 312 valence electrons. The molecule has 3 rings (SSSR count). The van der Waals surface area contributed by atoms with E-state index in [4.69, 9.17) is 9.47 Å². The third kappa shape index (κ3) is 29.4. The van der Waals surface area contributed by atoms with Crippen molar-refractivity contribution in [3.63, 3.8) is 0 Å². The fourth-order valence-electron chi connectivity index (χ4n) is 3.33. The van der Waals surface area contributed by atoms with Crippen molar-refractivity contribution in [1.82, 2.24) is 4.72 Å². The Morgan fingerprint density at radius 3 is 1.37 bits per heavy atom. The van der Waals surface area contributed by atoms with Crippen LogP contribution in [-0.4, -0.2) is 44.6 Å². The predicted octanol–water partition coefficient (Wildman–Crippen LogP) is 13.7. The number of nitrogens with one attached hydrogen (secondary N) is 1. The molecule has 2 aliphatic carbocycles. The van der Waals surface area contributed by atoms with Gasteiger partial charge in [0, 0.05) is 11.5 Å². The van der Waals surface area contributed by atoms with Crippen LogP contribution < -0.4 is 4.72 Å². The molecule has 52 heavy (non-hydrogen) atoms. The maximum absolute atomic E-state index is 13.1. The molecule has 0 amide bonds. The first-order valence-corrected chi connectivity index (χ1v) is 22.0. The lowest BCUT2D eigenvalue weighted by molar-refractivity contribution is -0.0541. The highest BCUT2D eigenvalue weighted by molar-refractivity contribution is 7.90. The van der Waals surface area contributed by atoms with E-state index in [1.807, 2.05) is 27.7 Å². The van der Waals surface area contributed by atoms with Gasteiger partial charge in [-0.1, -0.05) is 116 Å². The summed E-state index contributed by atoms with van der Waals surface area (Å²) in [4.78, 5) is 0. The second-order valence-corrected chi connectivity index (χ2v) is 21.2. The molecule has 1 aromatic carbocycles. The van der Waals surface area contributed by atoms with Gasteiger partial charge in [0.1, 0.15) is 5.82 Å². The van der Waals surface area contributed by atoms with E-state index >= 15 is 0 Å². The minimum Gasteiger partial charge on any atom is -0.378 e. The summed E-state index contributed by atoms with van der Waals surface area (Å²) in [5, 5.41) is -0.0881. The standard InChI is InChI=1S/C12H17F.C12H24O2.C8H18.C6H13NO2S.C5H12.C2H6/c1-8(2)10-5-11(9(3)4)7-12(13)6-10;1-10(2)13-8-12(6-7-12)9-14-11(3,4)5;1-7(2,3)8(4,5)6;1-5(2)7-10(8,9)6-3-4-6;1-4-5(2)3;1-2/h5-9H,1-4H3;10H,6-9H2,1-5H3;1-6H3;5-7H,3-4H2,1-2H3;5H,4H2,1-3H3;1-2H3. The molecule has 0 radical (unpaired) electrons. The van der Waals surface area contributed by atoms with Crippen LogP contribution in [0.4, 0.5) is 4.39 Å². The average molecular weight is 760 g/mol. The molecule has 1 N–H and O–H groups in total. The molecule has 0 aromatic heterocycles. The Labute approximate surface area is 325 Å². The number of sulfonamides is 1. The predicted molar refractivity (Wildman–Crippen MR) is 229 cm³/mol. The van der Waals surface area contributed by atoms with Crippen LogP contribution in [0.15, 0.2) is 18.2 Å². The monoisotopic (exact) mass is 760 g/mol. The summed E-state index contributed by atoms with van der Waals surface area (Å²) >= 11 is 0. The maximum Gasteiger partial charge on any atom is 0.214 e. The van der Waals surface area contributed by atoms with Crippen LogP contribution in [0.25, 0.3) is 0 Å². The number of benzene rings is 1. The number of rotatable bonds is 11. The zero-order chi connectivity index (χ0) is 41.9. The lowest BCUT2D eigenvalue weighted by atomic mass is 9.71. The van der Waals surface area contributed by atoms with Gasteiger partial charge in [-0.3, -0.25) is 0 Å². The van der Waals surface area contributed by atoms with Crippen LogP contribution >= 0.6 is 0 Å². The molecule has 7 heteroatoms. The van der Waals surface area contributed by atoms with E-state index in [0.717, 1.165) is 43.1 Å². The molecule has 0 heterocycles. The first-order chi connectivity index (χ1) is 23.4. The lowest BCUT2D eigenvalue weighted by Gasteiger charge is -2.34. The Balaban J connectivity index is -0.000000590. The molecular formula is C45H90FNO4S. The van der Waals surface area contributed by atoms with E-state index in [9.17, 15) is 12.8 Å². The van der Waals surface area contributed by atoms with Gasteiger partial charge in [-0.15, -0.1) is 0 Å². The molecule has 2 saturated carbocycles. The molecular weight excluding hydrogens is 670 g/mol. The topological polar surface area (TPSA) is 64.6 Å². The van der Waals surface area contributed by atoms with E-state index in [1.54, 1.807) is 12.1 Å². The summed E-state index contributed by atoms with van der Waals surface area (Å²) in [5.74, 6) is 1.56. The summed E-state index contributed by atoms with van der Waals surface area (Å²) in [6.45, 7) is 48.5. The summed E-state index contributed by atoms with van der Waals surface area (Å²) in [6, 6.07) is 5.37. The Bertz CT molecular complexity index is 1110. The van der Waals surface area contributed by atoms with Crippen molar-refractivity contribution in [2.24, 2.45) is 22.2 Å². The highest BCUT2D eigenvalue weighted by Gasteiger charge is 2.44. The van der Waals surface area contributed by atoms with Gasteiger partial charge in [-0.2, -0.15) is 0 Å². The SMILES string of the molecule is CC.CC(C)(C)C(C)(C)C.CC(C)NS(=O)(=O)C1CC1.CC(C)OCC1(COC(C)(C)C)CC1.CC(C)c1cc(F)cc(C(C)C)c1.CCC(C)C. The van der Waals surface area contributed by atoms with Crippen LogP contribution in [0.2, 0.25) is 0 Å². The molecule has 1 aromatic rings. The second-order valence-electron chi connectivity index (χ2n) is 19.2. The summed E-state index contributed by atoms with van der Waals surface area (Å²) in [7, 11) is -2.94. The number of hydrogen-bond donors (Lipinski definition) is 1. The third-order valence-electron chi connectivity index (χ3n) is 9.20. The van der Waals surface area contributed by atoms with E-state index in [1.165, 1.54) is 19.3 Å². The van der Waals surface area contributed by atoms with Crippen molar-refractivity contribution in [1.29, 1.82) is 0 Å². The van der Waals surface area contributed by atoms with Gasteiger partial charge in [0.15, 0.2) is 0 Å². The quantitative estimate of drug-likeness (QED) is 0.244. The van der Waals surface area contributed by atoms with E-state index in [0.29, 0.717) is 34.2 Å². The van der Waals surface area contributed by atoms with Crippen molar-refractivity contribution in [3.8, 4) is 0 Å². The Kier molecular flexibility index (Phi) is 26.8. The van der Waals surface area contributed by atoms with Crippen LogP contribution in [0.1, 0.15) is 207 Å². The fraction of sp³-hybridized carbons (Fsp3) is 0.867. The first kappa shape index (κ1) is 55.3. The van der Waals surface area contributed by atoms with Gasteiger partial charge in [0.05, 0.1) is 30.2 Å². The summed E-state index contributed by atoms with van der Waals surface area (Å²) in [5.41, 5.74) is 3.37. The third-order valence-corrected chi connectivity index (χ3v) is 11.3. The number of halogens is 1. The van der Waals surface area contributed by atoms with Gasteiger partial charge in [0.25, 0.3) is 0 Å². The van der Waals surface area contributed by atoms with E-state index in [-0.39, 0.29) is 22.7 Å². The maximum atomic E-state index is 13.1. The largest absolute Gasteiger partial charge is 0.378 e. The summed E-state index contributed by atoms with van der Waals surface area (Å²) < 4.78 is 49.3. The molecule has 2 fully saturated rings. The van der Waals surface area contributed by atoms with Gasteiger partial charge < -0.3 is 9.47 Å². The molecule has 0 atom stereocenters. The minimum absolute atomic E-state index is 0.0204. The molecule has 5 nitrogen and oxygen atoms in total. The first-order valence-electron chi connectivity index (χ1n) is 20.4. The fourth-order valence-corrected chi connectivity index (χ4v) is 4.93. The highest BCUT2D eigenvalue weighted by Crippen LogP contribution is 2.47. The van der Waals surface area contributed by atoms with Crippen LogP contribution in [0.5, 0.6) is 0 Å². The van der Waals surface area contributed by atoms with Crippen molar-refractivity contribution in [2.45, 2.75) is 219 Å². The van der Waals surface area contributed by atoms with Crippen molar-refractivity contribution in [3.05, 3.63) is 35.1 Å². The minimum atomic E-state index is -2.94. The van der Waals surface area contributed by atoms with Gasteiger partial charge in [0.2, 0.25) is 10.0 Å². The molecule has 0 unspecified atom stereocenters. The molecule has 0 aliphatic heterocycles. The number of ether oxygens (including phenoxy) is 2. The van der Waals surface area contributed by atoms with Gasteiger partial charge in [-0.25, -0.2) is 17.5 Å². The zero-order valence-corrected chi connectivity index (χ0v) is 39.4. The average Bonchev–Trinajstić information content (AvgIpc) is 3.90. The van der Waals surface area contributed by atoms with Gasteiger partial charge >= 0.3 is 0 Å². The van der Waals surface area contributed by atoms with Gasteiger partial charge in [-0.05, 0) is 126 Å². The second kappa shape index (κ2) is 25.2. The van der Waals surface area contributed by atoms with Crippen LogP contribution in [0, 0.1) is 28.0 Å². The Morgan fingerprint density at radius 1 is 0.750 bits per heavy atom. The van der Waals surface area contributed by atoms with E-state index in [2.05, 4.69) is 135 Å². The van der Waals surface area contributed by atoms with Crippen LogP contribution in [0.3, 0.4) is 0 Å². The smallest absolute Gasteiger partial charge is 0.214 e. The molecule has 2 aliphatic rings. The number of hydrogen-bond acceptors (Lipinski definition) is 4. The zero-order valence-electron chi connectivity index (χ0n) is 38.6. The van der Waals surface area contributed by atoms with Crippen molar-refractivity contribution >= 4 is 10.0 Å². The molecule has 0 saturated heterocycles. The van der Waals surface area contributed by atoms with Crippen molar-refractivity contribution in [2.75, 3.05) is 13.2 Å². The lowest BCUT2D eigenvalue weighted by Crippen LogP contribution is -2.32. The van der Waals surface area contributed by atoms with Crippen molar-refractivity contribution < 1.29 is 22.3 Å². The molecule has 0 spiro atoms. The Hall–Kier alpha value is -1.02. The normalized spacial score (nSPS) is 15.3. The Morgan fingerprint density at radius 2 is 1.13 bits per heavy atom. The molecule has 0 bridgehead atoms. The van der Waals surface area contributed by atoms with E-state index < -0.39 is 10.0 Å². The summed E-state index contributed by atoms with van der Waals surface area (Å²) in [6.07, 6.45) is 5.83. The van der Waals surface area contributed by atoms with Crippen LogP contribution in [-0.2, 0) is 19.5 Å².